The molecule has 0 bridgehead atoms. The molecule has 0 spiro atoms. The quantitative estimate of drug-likeness (QED) is 0.354. The van der Waals surface area contributed by atoms with Gasteiger partial charge in [-0.05, 0) is 12.1 Å². The van der Waals surface area contributed by atoms with Crippen LogP contribution in [0.4, 0.5) is 18.9 Å². The number of halogens is 4. The average Bonchev–Trinajstić information content (AvgIpc) is 2.48. The SMILES string of the molecule is O=C(Cn1cc(C(F)(F)F)ccc1=O)Oc1ccc([N+](=O)[O-])c(Cl)c1. The second-order valence-electron chi connectivity index (χ2n) is 4.73. The Morgan fingerprint density at radius 3 is 2.52 bits per heavy atom. The van der Waals surface area contributed by atoms with Gasteiger partial charge in [-0.25, -0.2) is 4.79 Å². The summed E-state index contributed by atoms with van der Waals surface area (Å²) in [6.45, 7) is -0.780. The Hall–Kier alpha value is -2.88. The first-order chi connectivity index (χ1) is 11.6. The lowest BCUT2D eigenvalue weighted by atomic mass is 10.3. The third-order valence-electron chi connectivity index (χ3n) is 2.96. The number of nitro groups is 1. The van der Waals surface area contributed by atoms with Crippen LogP contribution in [-0.4, -0.2) is 15.5 Å². The summed E-state index contributed by atoms with van der Waals surface area (Å²) in [7, 11) is 0. The lowest BCUT2D eigenvalue weighted by Crippen LogP contribution is -2.27. The van der Waals surface area contributed by atoms with E-state index in [1.165, 1.54) is 0 Å². The van der Waals surface area contributed by atoms with Crippen LogP contribution in [-0.2, 0) is 17.5 Å². The Morgan fingerprint density at radius 1 is 1.28 bits per heavy atom. The molecule has 1 aromatic heterocycles. The summed E-state index contributed by atoms with van der Waals surface area (Å²) in [6, 6.07) is 4.38. The molecule has 0 atom stereocenters. The summed E-state index contributed by atoms with van der Waals surface area (Å²) in [4.78, 5) is 33.2. The normalized spacial score (nSPS) is 11.2. The second-order valence-corrected chi connectivity index (χ2v) is 5.13. The number of nitrogens with zero attached hydrogens (tertiary/aromatic N) is 2. The summed E-state index contributed by atoms with van der Waals surface area (Å²) in [5.74, 6) is -1.20. The number of benzene rings is 1. The highest BCUT2D eigenvalue weighted by atomic mass is 35.5. The minimum atomic E-state index is -4.68. The molecule has 2 rings (SSSR count). The second kappa shape index (κ2) is 6.93. The number of ether oxygens (including phenoxy) is 1. The molecule has 0 aliphatic heterocycles. The molecule has 132 valence electrons. The van der Waals surface area contributed by atoms with Crippen LogP contribution in [0.1, 0.15) is 5.56 Å². The van der Waals surface area contributed by atoms with E-state index in [1.54, 1.807) is 0 Å². The van der Waals surface area contributed by atoms with Crippen molar-refractivity contribution in [2.75, 3.05) is 0 Å². The van der Waals surface area contributed by atoms with Crippen molar-refractivity contribution in [3.05, 3.63) is 67.6 Å². The third kappa shape index (κ3) is 4.57. The molecule has 7 nitrogen and oxygen atoms in total. The van der Waals surface area contributed by atoms with E-state index in [1.807, 2.05) is 0 Å². The number of pyridine rings is 1. The molecule has 1 aromatic carbocycles. The lowest BCUT2D eigenvalue weighted by Gasteiger charge is -2.10. The highest BCUT2D eigenvalue weighted by Gasteiger charge is 2.31. The number of alkyl halides is 3. The first-order valence-corrected chi connectivity index (χ1v) is 6.88. The highest BCUT2D eigenvalue weighted by Crippen LogP contribution is 2.29. The predicted octanol–water partition coefficient (Wildman–Crippen LogP) is 3.03. The van der Waals surface area contributed by atoms with Crippen LogP contribution in [0.2, 0.25) is 5.02 Å². The molecule has 11 heteroatoms. The fraction of sp³-hybridized carbons (Fsp3) is 0.143. The van der Waals surface area contributed by atoms with Gasteiger partial charge in [0.1, 0.15) is 17.3 Å². The fourth-order valence-corrected chi connectivity index (χ4v) is 2.06. The fourth-order valence-electron chi connectivity index (χ4n) is 1.82. The topological polar surface area (TPSA) is 91.4 Å². The van der Waals surface area contributed by atoms with Gasteiger partial charge in [0, 0.05) is 24.4 Å². The van der Waals surface area contributed by atoms with Crippen molar-refractivity contribution in [2.45, 2.75) is 12.7 Å². The summed E-state index contributed by atoms with van der Waals surface area (Å²) in [5, 5.41) is 10.3. The van der Waals surface area contributed by atoms with Crippen molar-refractivity contribution in [1.82, 2.24) is 4.57 Å². The molecule has 0 saturated carbocycles. The van der Waals surface area contributed by atoms with Gasteiger partial charge in [-0.15, -0.1) is 0 Å². The van der Waals surface area contributed by atoms with E-state index in [9.17, 15) is 32.9 Å². The molecule has 0 aliphatic rings. The standard InChI is InChI=1S/C14H8ClF3N2O5/c15-10-5-9(2-3-11(10)20(23)24)25-13(22)7-19-6-8(14(16,17)18)1-4-12(19)21/h1-6H,7H2. The highest BCUT2D eigenvalue weighted by molar-refractivity contribution is 6.32. The molecular formula is C14H8ClF3N2O5. The van der Waals surface area contributed by atoms with E-state index in [0.29, 0.717) is 22.9 Å². The molecule has 0 fully saturated rings. The maximum atomic E-state index is 12.6. The molecule has 0 unspecified atom stereocenters. The Bertz CT molecular complexity index is 895. The minimum Gasteiger partial charge on any atom is -0.425 e. The molecular weight excluding hydrogens is 369 g/mol. The van der Waals surface area contributed by atoms with Crippen LogP contribution < -0.4 is 10.3 Å². The third-order valence-corrected chi connectivity index (χ3v) is 3.26. The van der Waals surface area contributed by atoms with Gasteiger partial charge in [0.15, 0.2) is 0 Å². The molecule has 2 aromatic rings. The number of hydrogen-bond acceptors (Lipinski definition) is 5. The predicted molar refractivity (Wildman–Crippen MR) is 79.4 cm³/mol. The Morgan fingerprint density at radius 2 is 1.96 bits per heavy atom. The van der Waals surface area contributed by atoms with E-state index in [-0.39, 0.29) is 10.8 Å². The summed E-state index contributed by atoms with van der Waals surface area (Å²) >= 11 is 5.65. The number of aromatic nitrogens is 1. The van der Waals surface area contributed by atoms with E-state index in [4.69, 9.17) is 16.3 Å². The van der Waals surface area contributed by atoms with Crippen LogP contribution >= 0.6 is 11.6 Å². The zero-order valence-electron chi connectivity index (χ0n) is 12.1. The summed E-state index contributed by atoms with van der Waals surface area (Å²) in [6.07, 6.45) is -4.18. The van der Waals surface area contributed by atoms with E-state index < -0.39 is 40.4 Å². The molecule has 0 aliphatic carbocycles. The Balaban J connectivity index is 2.17. The van der Waals surface area contributed by atoms with Crippen molar-refractivity contribution in [2.24, 2.45) is 0 Å². The van der Waals surface area contributed by atoms with Crippen LogP contribution in [0.5, 0.6) is 5.75 Å². The maximum absolute atomic E-state index is 12.6. The van der Waals surface area contributed by atoms with Gasteiger partial charge >= 0.3 is 12.1 Å². The minimum absolute atomic E-state index is 0.152. The van der Waals surface area contributed by atoms with Gasteiger partial charge in [0.2, 0.25) is 0 Å². The van der Waals surface area contributed by atoms with Crippen LogP contribution in [0.15, 0.2) is 41.3 Å². The van der Waals surface area contributed by atoms with Gasteiger partial charge in [0.05, 0.1) is 10.5 Å². The summed E-state index contributed by atoms with van der Waals surface area (Å²) < 4.78 is 43.3. The monoisotopic (exact) mass is 376 g/mol. The van der Waals surface area contributed by atoms with E-state index in [0.717, 1.165) is 18.2 Å². The number of esters is 1. The molecule has 0 saturated heterocycles. The number of carbonyl (C=O) groups excluding carboxylic acids is 1. The van der Waals surface area contributed by atoms with Crippen molar-refractivity contribution in [3.8, 4) is 5.75 Å². The van der Waals surface area contributed by atoms with Gasteiger partial charge in [-0.3, -0.25) is 14.9 Å². The Labute approximate surface area is 142 Å². The molecule has 1 heterocycles. The van der Waals surface area contributed by atoms with E-state index in [2.05, 4.69) is 0 Å². The van der Waals surface area contributed by atoms with Gasteiger partial charge in [-0.1, -0.05) is 11.6 Å². The largest absolute Gasteiger partial charge is 0.425 e. The Kier molecular flexibility index (Phi) is 5.12. The smallest absolute Gasteiger partial charge is 0.417 e. The number of nitro benzene ring substituents is 1. The maximum Gasteiger partial charge on any atom is 0.417 e. The van der Waals surface area contributed by atoms with Crippen molar-refractivity contribution in [3.63, 3.8) is 0 Å². The number of rotatable bonds is 4. The molecule has 25 heavy (non-hydrogen) atoms. The first kappa shape index (κ1) is 18.5. The first-order valence-electron chi connectivity index (χ1n) is 6.50. The van der Waals surface area contributed by atoms with Crippen molar-refractivity contribution < 1.29 is 27.6 Å². The zero-order chi connectivity index (χ0) is 18.8. The van der Waals surface area contributed by atoms with Crippen molar-refractivity contribution >= 4 is 23.3 Å². The van der Waals surface area contributed by atoms with Gasteiger partial charge < -0.3 is 9.30 Å². The van der Waals surface area contributed by atoms with Gasteiger partial charge in [-0.2, -0.15) is 13.2 Å². The average molecular weight is 377 g/mol. The van der Waals surface area contributed by atoms with E-state index >= 15 is 0 Å². The van der Waals surface area contributed by atoms with Crippen LogP contribution in [0.3, 0.4) is 0 Å². The number of hydrogen-bond donors (Lipinski definition) is 0. The van der Waals surface area contributed by atoms with Gasteiger partial charge in [0.25, 0.3) is 11.2 Å². The van der Waals surface area contributed by atoms with Crippen LogP contribution in [0.25, 0.3) is 0 Å². The lowest BCUT2D eigenvalue weighted by molar-refractivity contribution is -0.384. The summed E-state index contributed by atoms with van der Waals surface area (Å²) in [5.41, 5.74) is -2.33. The molecule has 0 radical (unpaired) electrons. The van der Waals surface area contributed by atoms with Crippen LogP contribution in [0, 0.1) is 10.1 Å². The molecule has 0 N–H and O–H groups in total. The van der Waals surface area contributed by atoms with Crippen molar-refractivity contribution in [1.29, 1.82) is 0 Å². The molecule has 0 amide bonds. The zero-order valence-corrected chi connectivity index (χ0v) is 12.9. The number of carbonyl (C=O) groups is 1.